The van der Waals surface area contributed by atoms with Gasteiger partial charge in [-0.15, -0.1) is 0 Å². The van der Waals surface area contributed by atoms with Crippen molar-refractivity contribution in [3.63, 3.8) is 0 Å². The fraction of sp³-hybridized carbons (Fsp3) is 0.346. The minimum absolute atomic E-state index is 0.0136. The van der Waals surface area contributed by atoms with Crippen molar-refractivity contribution in [3.8, 4) is 0 Å². The summed E-state index contributed by atoms with van der Waals surface area (Å²) in [5.74, 6) is 0.605. The van der Waals surface area contributed by atoms with E-state index < -0.39 is 10.0 Å². The average molecular weight is 480 g/mol. The van der Waals surface area contributed by atoms with Crippen molar-refractivity contribution in [2.45, 2.75) is 36.6 Å². The van der Waals surface area contributed by atoms with Gasteiger partial charge in [0.1, 0.15) is 5.76 Å². The van der Waals surface area contributed by atoms with Gasteiger partial charge in [-0.25, -0.2) is 8.42 Å². The molecule has 1 amide bonds. The van der Waals surface area contributed by atoms with Crippen molar-refractivity contribution >= 4 is 21.6 Å². The molecule has 8 heteroatoms. The Bertz CT molecular complexity index is 1230. The molecule has 7 nitrogen and oxygen atoms in total. The van der Waals surface area contributed by atoms with E-state index in [1.807, 2.05) is 36.4 Å². The van der Waals surface area contributed by atoms with Gasteiger partial charge in [0.05, 0.1) is 22.9 Å². The summed E-state index contributed by atoms with van der Waals surface area (Å²) < 4.78 is 33.8. The number of hydrogen-bond acceptors (Lipinski definition) is 5. The van der Waals surface area contributed by atoms with E-state index in [0.29, 0.717) is 18.7 Å². The molecular formula is C26H29N3O4S. The zero-order valence-corrected chi connectivity index (χ0v) is 19.8. The lowest BCUT2D eigenvalue weighted by Crippen LogP contribution is -2.36. The van der Waals surface area contributed by atoms with Gasteiger partial charge in [0, 0.05) is 18.7 Å². The molecular weight excluding hydrogens is 450 g/mol. The molecule has 0 bridgehead atoms. The SMILES string of the molecule is O=C(NCC(c1ccco1)N1CCCC1)c1ccc(S(=O)(=O)N2CCCc3ccccc32)cc1. The Balaban J connectivity index is 1.29. The van der Waals surface area contributed by atoms with Gasteiger partial charge < -0.3 is 9.73 Å². The van der Waals surface area contributed by atoms with Crippen LogP contribution in [0.4, 0.5) is 5.69 Å². The molecule has 178 valence electrons. The summed E-state index contributed by atoms with van der Waals surface area (Å²) >= 11 is 0. The highest BCUT2D eigenvalue weighted by Gasteiger charge is 2.29. The second-order valence-electron chi connectivity index (χ2n) is 8.82. The van der Waals surface area contributed by atoms with E-state index in [-0.39, 0.29) is 16.8 Å². The Labute approximate surface area is 200 Å². The predicted octanol–water partition coefficient (Wildman–Crippen LogP) is 3.99. The van der Waals surface area contributed by atoms with Crippen LogP contribution in [0.3, 0.4) is 0 Å². The van der Waals surface area contributed by atoms with Gasteiger partial charge in [-0.2, -0.15) is 0 Å². The standard InChI is InChI=1S/C26H29N3O4S/c30-26(27-19-24(25-10-6-18-33-25)28-15-3-4-16-28)21-11-13-22(14-12-21)34(31,32)29-17-5-8-20-7-1-2-9-23(20)29/h1-2,6-7,9-14,18,24H,3-5,8,15-17,19H2,(H,27,30). The van der Waals surface area contributed by atoms with Gasteiger partial charge >= 0.3 is 0 Å². The molecule has 0 saturated carbocycles. The van der Waals surface area contributed by atoms with Crippen molar-refractivity contribution in [3.05, 3.63) is 83.8 Å². The molecule has 2 aliphatic heterocycles. The molecule has 3 heterocycles. The van der Waals surface area contributed by atoms with Crippen LogP contribution in [0.2, 0.25) is 0 Å². The van der Waals surface area contributed by atoms with Gasteiger partial charge in [0.15, 0.2) is 0 Å². The third-order valence-corrected chi connectivity index (χ3v) is 8.51. The number of rotatable bonds is 7. The number of likely N-dealkylation sites (tertiary alicyclic amines) is 1. The fourth-order valence-electron chi connectivity index (χ4n) is 4.89. The number of furan rings is 1. The highest BCUT2D eigenvalue weighted by molar-refractivity contribution is 7.92. The highest BCUT2D eigenvalue weighted by atomic mass is 32.2. The van der Waals surface area contributed by atoms with Gasteiger partial charge in [-0.05, 0) is 86.8 Å². The third kappa shape index (κ3) is 4.48. The molecule has 3 aromatic rings. The molecule has 5 rings (SSSR count). The minimum Gasteiger partial charge on any atom is -0.468 e. The molecule has 1 unspecified atom stereocenters. The molecule has 2 aliphatic rings. The van der Waals surface area contributed by atoms with Crippen LogP contribution in [0, 0.1) is 0 Å². The summed E-state index contributed by atoms with van der Waals surface area (Å²) in [7, 11) is -3.70. The quantitative estimate of drug-likeness (QED) is 0.554. The Morgan fingerprint density at radius 2 is 1.71 bits per heavy atom. The topological polar surface area (TPSA) is 82.9 Å². The number of carbonyl (C=O) groups excluding carboxylic acids is 1. The van der Waals surface area contributed by atoms with E-state index in [1.54, 1.807) is 18.4 Å². The van der Waals surface area contributed by atoms with Crippen LogP contribution < -0.4 is 9.62 Å². The highest BCUT2D eigenvalue weighted by Crippen LogP contribution is 2.32. The summed E-state index contributed by atoms with van der Waals surface area (Å²) in [6.07, 6.45) is 5.59. The molecule has 1 saturated heterocycles. The Kier molecular flexibility index (Phi) is 6.43. The van der Waals surface area contributed by atoms with Crippen LogP contribution in [0.1, 0.15) is 47.0 Å². The molecule has 1 N–H and O–H groups in total. The lowest BCUT2D eigenvalue weighted by molar-refractivity contribution is 0.0933. The second kappa shape index (κ2) is 9.64. The first-order chi connectivity index (χ1) is 16.5. The van der Waals surface area contributed by atoms with Crippen molar-refractivity contribution in [1.29, 1.82) is 0 Å². The van der Waals surface area contributed by atoms with Gasteiger partial charge in [0.2, 0.25) is 0 Å². The Morgan fingerprint density at radius 1 is 0.941 bits per heavy atom. The number of aryl methyl sites for hydroxylation is 1. The molecule has 34 heavy (non-hydrogen) atoms. The molecule has 1 atom stereocenters. The van der Waals surface area contributed by atoms with Crippen molar-refractivity contribution in [1.82, 2.24) is 10.2 Å². The van der Waals surface area contributed by atoms with Crippen LogP contribution in [-0.4, -0.2) is 45.4 Å². The minimum atomic E-state index is -3.70. The summed E-state index contributed by atoms with van der Waals surface area (Å²) in [5, 5.41) is 3.00. The van der Waals surface area contributed by atoms with Crippen molar-refractivity contribution in [2.24, 2.45) is 0 Å². The van der Waals surface area contributed by atoms with Gasteiger partial charge in [0.25, 0.3) is 15.9 Å². The number of para-hydroxylation sites is 1. The van der Waals surface area contributed by atoms with Gasteiger partial charge in [-0.3, -0.25) is 14.0 Å². The zero-order valence-electron chi connectivity index (χ0n) is 19.0. The first-order valence-corrected chi connectivity index (χ1v) is 13.2. The number of fused-ring (bicyclic) bond motifs is 1. The van der Waals surface area contributed by atoms with Crippen LogP contribution in [0.15, 0.2) is 76.2 Å². The number of amides is 1. The normalized spacial score (nSPS) is 17.4. The first kappa shape index (κ1) is 22.7. The zero-order chi connectivity index (χ0) is 23.5. The van der Waals surface area contributed by atoms with E-state index in [4.69, 9.17) is 4.42 Å². The largest absolute Gasteiger partial charge is 0.468 e. The van der Waals surface area contributed by atoms with E-state index >= 15 is 0 Å². The summed E-state index contributed by atoms with van der Waals surface area (Å²) in [6.45, 7) is 2.84. The number of anilines is 1. The lowest BCUT2D eigenvalue weighted by Gasteiger charge is -2.30. The first-order valence-electron chi connectivity index (χ1n) is 11.8. The van der Waals surface area contributed by atoms with E-state index in [9.17, 15) is 13.2 Å². The molecule has 0 aliphatic carbocycles. The number of nitrogens with zero attached hydrogens (tertiary/aromatic N) is 2. The molecule has 1 fully saturated rings. The monoisotopic (exact) mass is 479 g/mol. The number of benzene rings is 2. The van der Waals surface area contributed by atoms with Crippen molar-refractivity contribution in [2.75, 3.05) is 30.5 Å². The van der Waals surface area contributed by atoms with E-state index in [2.05, 4.69) is 10.2 Å². The molecule has 0 radical (unpaired) electrons. The molecule has 0 spiro atoms. The van der Waals surface area contributed by atoms with Crippen LogP contribution in [0.5, 0.6) is 0 Å². The maximum absolute atomic E-state index is 13.3. The molecule has 1 aromatic heterocycles. The van der Waals surface area contributed by atoms with Crippen molar-refractivity contribution < 1.29 is 17.6 Å². The summed E-state index contributed by atoms with van der Waals surface area (Å²) in [5.41, 5.74) is 2.21. The number of carbonyl (C=O) groups is 1. The van der Waals surface area contributed by atoms with Crippen LogP contribution in [-0.2, 0) is 16.4 Å². The lowest BCUT2D eigenvalue weighted by atomic mass is 10.0. The third-order valence-electron chi connectivity index (χ3n) is 6.68. The maximum Gasteiger partial charge on any atom is 0.264 e. The average Bonchev–Trinajstić information content (AvgIpc) is 3.59. The Morgan fingerprint density at radius 3 is 2.44 bits per heavy atom. The smallest absolute Gasteiger partial charge is 0.264 e. The van der Waals surface area contributed by atoms with E-state index in [1.165, 1.54) is 16.4 Å². The van der Waals surface area contributed by atoms with Gasteiger partial charge in [-0.1, -0.05) is 18.2 Å². The molecule has 2 aromatic carbocycles. The predicted molar refractivity (Wildman–Crippen MR) is 130 cm³/mol. The number of hydrogen-bond donors (Lipinski definition) is 1. The summed E-state index contributed by atoms with van der Waals surface area (Å²) in [6, 6.07) is 17.6. The maximum atomic E-state index is 13.3. The van der Waals surface area contributed by atoms with E-state index in [0.717, 1.165) is 55.8 Å². The fourth-order valence-corrected chi connectivity index (χ4v) is 6.43. The number of nitrogens with one attached hydrogen (secondary N) is 1. The second-order valence-corrected chi connectivity index (χ2v) is 10.7. The van der Waals surface area contributed by atoms with Crippen LogP contribution >= 0.6 is 0 Å². The number of sulfonamides is 1. The Hall–Kier alpha value is -3.10. The van der Waals surface area contributed by atoms with Crippen LogP contribution in [0.25, 0.3) is 0 Å². The summed E-state index contributed by atoms with van der Waals surface area (Å²) in [4.78, 5) is 15.4.